The number of ether oxygens (including phenoxy) is 2. The van der Waals surface area contributed by atoms with E-state index in [0.717, 1.165) is 92.4 Å². The smallest absolute Gasteiger partial charge is 0.411 e. The number of unbranched alkanes of at least 4 members (excludes halogenated alkanes) is 6. The average Bonchev–Trinajstić information content (AvgIpc) is 3.10. The van der Waals surface area contributed by atoms with Crippen molar-refractivity contribution < 1.29 is 29.0 Å². The average molecular weight is 686 g/mol. The number of nitrogens with one attached hydrogen (secondary N) is 3. The normalized spacial score (nSPS) is 15.1. The van der Waals surface area contributed by atoms with Gasteiger partial charge in [0.1, 0.15) is 17.6 Å². The molecule has 0 aliphatic carbocycles. The topological polar surface area (TPSA) is 133 Å². The number of carbonyl (C=O) groups is 1. The molecular weight excluding hydrogens is 632 g/mol. The van der Waals surface area contributed by atoms with Crippen molar-refractivity contribution in [3.63, 3.8) is 0 Å². The molecule has 1 fully saturated rings. The van der Waals surface area contributed by atoms with E-state index >= 15 is 0 Å². The minimum absolute atomic E-state index is 0.0109. The lowest BCUT2D eigenvalue weighted by atomic mass is 10.0. The minimum atomic E-state index is -0.744. The summed E-state index contributed by atoms with van der Waals surface area (Å²) in [6, 6.07) is 22.1. The van der Waals surface area contributed by atoms with Crippen LogP contribution in [-0.4, -0.2) is 78.8 Å². The van der Waals surface area contributed by atoms with E-state index in [4.69, 9.17) is 9.47 Å². The van der Waals surface area contributed by atoms with Crippen molar-refractivity contribution >= 4 is 22.7 Å². The number of H-pyrrole nitrogens is 1. The molecule has 0 unspecified atom stereocenters. The molecule has 0 radical (unpaired) electrons. The van der Waals surface area contributed by atoms with E-state index in [9.17, 15) is 19.8 Å². The lowest BCUT2D eigenvalue weighted by molar-refractivity contribution is -0.896. The summed E-state index contributed by atoms with van der Waals surface area (Å²) in [5, 5.41) is 27.7. The number of aromatic nitrogens is 1. The summed E-state index contributed by atoms with van der Waals surface area (Å²) in [5.41, 5.74) is 3.34. The van der Waals surface area contributed by atoms with Crippen LogP contribution in [-0.2, 0) is 4.74 Å². The van der Waals surface area contributed by atoms with Gasteiger partial charge >= 0.3 is 6.09 Å². The number of fused-ring (bicyclic) bond motifs is 1. The molecule has 1 atom stereocenters. The van der Waals surface area contributed by atoms with Gasteiger partial charge in [0, 0.05) is 42.5 Å². The van der Waals surface area contributed by atoms with E-state index in [-0.39, 0.29) is 17.4 Å². The fraction of sp³-hybridized carbons (Fsp3) is 0.450. The second kappa shape index (κ2) is 18.0. The Kier molecular flexibility index (Phi) is 13.3. The molecule has 0 bridgehead atoms. The molecule has 1 aliphatic rings. The monoisotopic (exact) mass is 685 g/mol. The Labute approximate surface area is 295 Å². The molecule has 1 amide bonds. The number of hydrogen-bond acceptors (Lipinski definition) is 7. The molecule has 5 N–H and O–H groups in total. The molecule has 0 saturated carbocycles. The number of nitrogens with zero attached hydrogens (tertiary/aromatic N) is 1. The van der Waals surface area contributed by atoms with Gasteiger partial charge in [0.05, 0.1) is 51.1 Å². The highest BCUT2D eigenvalue weighted by Crippen LogP contribution is 2.32. The van der Waals surface area contributed by atoms with Gasteiger partial charge in [-0.1, -0.05) is 68.5 Å². The van der Waals surface area contributed by atoms with Gasteiger partial charge in [0.25, 0.3) is 0 Å². The first kappa shape index (κ1) is 36.9. The molecule has 10 heteroatoms. The molecule has 3 aromatic carbocycles. The third-order valence-electron chi connectivity index (χ3n) is 9.57. The van der Waals surface area contributed by atoms with Crippen molar-refractivity contribution in [3.05, 3.63) is 88.7 Å². The van der Waals surface area contributed by atoms with Crippen LogP contribution < -0.4 is 20.9 Å². The van der Waals surface area contributed by atoms with E-state index < -0.39 is 12.2 Å². The molecule has 4 aromatic rings. The van der Waals surface area contributed by atoms with Crippen molar-refractivity contribution in [3.8, 4) is 22.6 Å². The van der Waals surface area contributed by atoms with Crippen LogP contribution in [0.25, 0.3) is 22.0 Å². The first-order valence-corrected chi connectivity index (χ1v) is 18.0. The standard InChI is InChI=1S/C40H52N4O6/c1-44(2)24-21-30(22-25-44)50-40(48)42-35-27-31(15-16-32(35)29-13-9-8-10-14-29)49-26-12-7-5-3-4-6-11-23-41-28-37(46)33-17-19-36(45)39-34(33)18-20-38(47)43-39/h8-10,13-20,27,30,37,41,46H,3-7,11-12,21-26,28H2,1-2H3,(H2-,42,43,45,47,48)/p+1/t37-/m1/s1. The van der Waals surface area contributed by atoms with E-state index in [1.165, 1.54) is 18.6 Å². The molecule has 50 heavy (non-hydrogen) atoms. The molecular formula is C40H53N4O6+. The van der Waals surface area contributed by atoms with Gasteiger partial charge in [-0.3, -0.25) is 10.1 Å². The number of hydrogen-bond donors (Lipinski definition) is 5. The van der Waals surface area contributed by atoms with Crippen LogP contribution in [0.5, 0.6) is 11.5 Å². The van der Waals surface area contributed by atoms with Crippen molar-refractivity contribution in [2.45, 2.75) is 70.0 Å². The molecule has 1 aliphatic heterocycles. The highest BCUT2D eigenvalue weighted by molar-refractivity contribution is 5.92. The number of anilines is 1. The highest BCUT2D eigenvalue weighted by atomic mass is 16.6. The maximum Gasteiger partial charge on any atom is 0.411 e. The summed E-state index contributed by atoms with van der Waals surface area (Å²) in [6.07, 6.45) is 8.17. The van der Waals surface area contributed by atoms with Gasteiger partial charge < -0.3 is 34.5 Å². The Morgan fingerprint density at radius 3 is 2.40 bits per heavy atom. The van der Waals surface area contributed by atoms with Crippen molar-refractivity contribution in [1.82, 2.24) is 10.3 Å². The predicted molar refractivity (Wildman–Crippen MR) is 199 cm³/mol. The van der Waals surface area contributed by atoms with E-state index in [1.807, 2.05) is 48.5 Å². The van der Waals surface area contributed by atoms with Gasteiger partial charge in [-0.15, -0.1) is 0 Å². The van der Waals surface area contributed by atoms with Crippen LogP contribution in [0.15, 0.2) is 77.6 Å². The number of phenols is 1. The summed E-state index contributed by atoms with van der Waals surface area (Å²) in [7, 11) is 4.42. The predicted octanol–water partition coefficient (Wildman–Crippen LogP) is 7.12. The lowest BCUT2D eigenvalue weighted by Crippen LogP contribution is -2.48. The zero-order chi connectivity index (χ0) is 35.3. The van der Waals surface area contributed by atoms with Crippen LogP contribution in [0.4, 0.5) is 10.5 Å². The largest absolute Gasteiger partial charge is 0.506 e. The third kappa shape index (κ3) is 10.8. The number of carbonyl (C=O) groups excluding carboxylic acids is 1. The Bertz CT molecular complexity index is 1730. The lowest BCUT2D eigenvalue weighted by Gasteiger charge is -2.36. The maximum absolute atomic E-state index is 12.9. The number of benzene rings is 3. The molecule has 10 nitrogen and oxygen atoms in total. The number of aliphatic hydroxyl groups is 1. The number of amides is 1. The number of rotatable bonds is 17. The van der Waals surface area contributed by atoms with Crippen molar-refractivity contribution in [2.75, 3.05) is 52.2 Å². The number of likely N-dealkylation sites (tertiary alicyclic amines) is 1. The number of pyridine rings is 1. The summed E-state index contributed by atoms with van der Waals surface area (Å²) < 4.78 is 12.9. The number of aromatic hydroxyl groups is 1. The number of phenolic OH excluding ortho intramolecular Hbond substituents is 1. The SMILES string of the molecule is C[N+]1(C)CCC(OC(=O)Nc2cc(OCCCCCCCCCNC[C@@H](O)c3ccc(O)c4[nH]c(=O)ccc34)ccc2-c2ccccc2)CC1. The number of quaternary nitrogens is 1. The van der Waals surface area contributed by atoms with E-state index in [0.29, 0.717) is 35.3 Å². The summed E-state index contributed by atoms with van der Waals surface area (Å²) in [6.45, 7) is 3.81. The second-order valence-corrected chi connectivity index (χ2v) is 14.0. The number of aromatic amines is 1. The van der Waals surface area contributed by atoms with Gasteiger partial charge in [-0.05, 0) is 54.8 Å². The Balaban J connectivity index is 0.970. The Morgan fingerprint density at radius 2 is 1.64 bits per heavy atom. The molecule has 2 heterocycles. The molecule has 0 spiro atoms. The van der Waals surface area contributed by atoms with Crippen molar-refractivity contribution in [1.29, 1.82) is 0 Å². The second-order valence-electron chi connectivity index (χ2n) is 14.0. The molecule has 5 rings (SSSR count). The highest BCUT2D eigenvalue weighted by Gasteiger charge is 2.28. The van der Waals surface area contributed by atoms with Crippen LogP contribution in [0.3, 0.4) is 0 Å². The van der Waals surface area contributed by atoms with Crippen LogP contribution >= 0.6 is 0 Å². The number of aliphatic hydroxyl groups excluding tert-OH is 1. The van der Waals surface area contributed by atoms with E-state index in [1.54, 1.807) is 12.1 Å². The first-order valence-electron chi connectivity index (χ1n) is 18.0. The maximum atomic E-state index is 12.9. The van der Waals surface area contributed by atoms with Crippen LogP contribution in [0.1, 0.15) is 69.5 Å². The Hall–Kier alpha value is -4.38. The van der Waals surface area contributed by atoms with Gasteiger partial charge in [0.2, 0.25) is 5.56 Å². The fourth-order valence-electron chi connectivity index (χ4n) is 6.56. The minimum Gasteiger partial charge on any atom is -0.506 e. The van der Waals surface area contributed by atoms with Gasteiger partial charge in [-0.25, -0.2) is 4.79 Å². The van der Waals surface area contributed by atoms with Gasteiger partial charge in [0.15, 0.2) is 0 Å². The quantitative estimate of drug-likeness (QED) is 0.0591. The van der Waals surface area contributed by atoms with Crippen molar-refractivity contribution in [2.24, 2.45) is 0 Å². The third-order valence-corrected chi connectivity index (χ3v) is 9.57. The molecule has 1 saturated heterocycles. The zero-order valence-corrected chi connectivity index (χ0v) is 29.5. The van der Waals surface area contributed by atoms with Crippen LogP contribution in [0.2, 0.25) is 0 Å². The van der Waals surface area contributed by atoms with E-state index in [2.05, 4.69) is 29.7 Å². The van der Waals surface area contributed by atoms with Gasteiger partial charge in [-0.2, -0.15) is 0 Å². The molecule has 1 aromatic heterocycles. The van der Waals surface area contributed by atoms with Crippen LogP contribution in [0, 0.1) is 0 Å². The summed E-state index contributed by atoms with van der Waals surface area (Å²) in [4.78, 5) is 27.2. The fourth-order valence-corrected chi connectivity index (χ4v) is 6.56. The Morgan fingerprint density at radius 1 is 0.920 bits per heavy atom. The summed E-state index contributed by atoms with van der Waals surface area (Å²) in [5.74, 6) is 0.714. The zero-order valence-electron chi connectivity index (χ0n) is 29.5. The first-order chi connectivity index (χ1) is 24.2. The molecule has 268 valence electrons. The number of piperidine rings is 1. The summed E-state index contributed by atoms with van der Waals surface area (Å²) >= 11 is 0.